The maximum absolute atomic E-state index is 13.3. The summed E-state index contributed by atoms with van der Waals surface area (Å²) < 4.78 is 41.7. The Morgan fingerprint density at radius 3 is 2.59 bits per heavy atom. The molecule has 0 fully saturated rings. The SMILES string of the molecule is CO[P+](=O)OC1C(Nc2ccc(F)cc2)c2cc(C#N)ccc2OC1(C)C. The van der Waals surface area contributed by atoms with Crippen molar-refractivity contribution in [3.05, 3.63) is 59.4 Å². The third kappa shape index (κ3) is 4.09. The summed E-state index contributed by atoms with van der Waals surface area (Å²) in [5, 5.41) is 12.5. The fourth-order valence-corrected chi connectivity index (χ4v) is 3.71. The van der Waals surface area contributed by atoms with Crippen molar-refractivity contribution in [2.45, 2.75) is 31.6 Å². The molecule has 3 rings (SSSR count). The summed E-state index contributed by atoms with van der Waals surface area (Å²) in [7, 11) is -1.07. The molecule has 140 valence electrons. The van der Waals surface area contributed by atoms with E-state index in [1.807, 2.05) is 13.8 Å². The molecule has 0 radical (unpaired) electrons. The molecule has 6 nitrogen and oxygen atoms in total. The molecule has 8 heteroatoms. The van der Waals surface area contributed by atoms with E-state index in [0.717, 1.165) is 0 Å². The van der Waals surface area contributed by atoms with E-state index in [-0.39, 0.29) is 5.82 Å². The minimum atomic E-state index is -2.36. The van der Waals surface area contributed by atoms with Crippen LogP contribution in [0.3, 0.4) is 0 Å². The molecule has 1 heterocycles. The summed E-state index contributed by atoms with van der Waals surface area (Å²) >= 11 is 0. The lowest BCUT2D eigenvalue weighted by Crippen LogP contribution is -2.51. The molecule has 1 aliphatic rings. The van der Waals surface area contributed by atoms with Gasteiger partial charge in [-0.1, -0.05) is 0 Å². The maximum atomic E-state index is 13.3. The molecule has 1 aliphatic heterocycles. The molecule has 3 atom stereocenters. The number of hydrogen-bond acceptors (Lipinski definition) is 6. The van der Waals surface area contributed by atoms with E-state index in [1.54, 1.807) is 30.3 Å². The van der Waals surface area contributed by atoms with Crippen LogP contribution in [0, 0.1) is 17.1 Å². The van der Waals surface area contributed by atoms with E-state index < -0.39 is 26.0 Å². The van der Waals surface area contributed by atoms with E-state index in [9.17, 15) is 14.2 Å². The lowest BCUT2D eigenvalue weighted by Gasteiger charge is -2.42. The quantitative estimate of drug-likeness (QED) is 0.746. The molecule has 0 saturated carbocycles. The molecular formula is C19H19FN2O4P+. The number of halogens is 1. The van der Waals surface area contributed by atoms with E-state index in [4.69, 9.17) is 13.8 Å². The van der Waals surface area contributed by atoms with Crippen molar-refractivity contribution in [1.29, 1.82) is 5.26 Å². The standard InChI is InChI=1S/C19H19FN2O4P/c1-19(2)18(26-27(23)24-3)17(22-14-7-5-13(20)6-8-14)15-10-12(11-21)4-9-16(15)25-19/h4-10,17-18,22H,1-3H3/q+1. The Bertz CT molecular complexity index is 896. The monoisotopic (exact) mass is 389 g/mol. The predicted molar refractivity (Wildman–Crippen MR) is 98.1 cm³/mol. The van der Waals surface area contributed by atoms with Gasteiger partial charge in [-0.3, -0.25) is 0 Å². The van der Waals surface area contributed by atoms with Crippen LogP contribution in [0.25, 0.3) is 0 Å². The number of rotatable bonds is 5. The first-order chi connectivity index (χ1) is 12.8. The van der Waals surface area contributed by atoms with Crippen LogP contribution in [0.5, 0.6) is 5.75 Å². The summed E-state index contributed by atoms with van der Waals surface area (Å²) in [5.74, 6) is 0.237. The zero-order valence-corrected chi connectivity index (χ0v) is 16.0. The molecule has 2 aromatic carbocycles. The first-order valence-electron chi connectivity index (χ1n) is 8.27. The highest BCUT2D eigenvalue weighted by atomic mass is 31.1. The summed E-state index contributed by atoms with van der Waals surface area (Å²) in [6, 6.07) is 12.6. The van der Waals surface area contributed by atoms with Crippen molar-refractivity contribution in [2.75, 3.05) is 12.4 Å². The zero-order valence-electron chi connectivity index (χ0n) is 15.1. The molecule has 0 aromatic heterocycles. The van der Waals surface area contributed by atoms with Crippen molar-refractivity contribution in [3.63, 3.8) is 0 Å². The Balaban J connectivity index is 2.07. The molecule has 0 amide bonds. The maximum Gasteiger partial charge on any atom is 0.697 e. The first-order valence-corrected chi connectivity index (χ1v) is 9.37. The van der Waals surface area contributed by atoms with Gasteiger partial charge < -0.3 is 10.1 Å². The first kappa shape index (κ1) is 19.2. The van der Waals surface area contributed by atoms with Crippen LogP contribution >= 0.6 is 8.25 Å². The third-order valence-electron chi connectivity index (χ3n) is 4.35. The number of benzene rings is 2. The Morgan fingerprint density at radius 1 is 1.26 bits per heavy atom. The number of nitrogens with one attached hydrogen (secondary N) is 1. The molecular weight excluding hydrogens is 370 g/mol. The van der Waals surface area contributed by atoms with Gasteiger partial charge in [-0.25, -0.2) is 4.39 Å². The lowest BCUT2D eigenvalue weighted by atomic mass is 9.85. The van der Waals surface area contributed by atoms with Crippen LogP contribution in [0.15, 0.2) is 42.5 Å². The van der Waals surface area contributed by atoms with Gasteiger partial charge in [0.05, 0.1) is 24.8 Å². The van der Waals surface area contributed by atoms with Crippen molar-refractivity contribution in [2.24, 2.45) is 0 Å². The number of hydrogen-bond donors (Lipinski definition) is 1. The molecule has 0 bridgehead atoms. The number of nitrogens with zero attached hydrogens (tertiary/aromatic N) is 1. The highest BCUT2D eigenvalue weighted by molar-refractivity contribution is 7.33. The van der Waals surface area contributed by atoms with E-state index >= 15 is 0 Å². The lowest BCUT2D eigenvalue weighted by molar-refractivity contribution is -0.0407. The van der Waals surface area contributed by atoms with Crippen molar-refractivity contribution in [1.82, 2.24) is 0 Å². The molecule has 2 aromatic rings. The Morgan fingerprint density at radius 2 is 1.96 bits per heavy atom. The summed E-state index contributed by atoms with van der Waals surface area (Å²) in [6.07, 6.45) is -0.701. The van der Waals surface area contributed by atoms with Gasteiger partial charge in [0.15, 0.2) is 6.10 Å². The number of ether oxygens (including phenoxy) is 1. The van der Waals surface area contributed by atoms with Gasteiger partial charge in [-0.2, -0.15) is 5.26 Å². The Kier molecular flexibility index (Phi) is 5.43. The van der Waals surface area contributed by atoms with Crippen LogP contribution in [0.4, 0.5) is 10.1 Å². The molecule has 3 unspecified atom stereocenters. The smallest absolute Gasteiger partial charge is 0.484 e. The van der Waals surface area contributed by atoms with Crippen molar-refractivity contribution in [3.8, 4) is 11.8 Å². The zero-order chi connectivity index (χ0) is 19.6. The molecule has 0 saturated heterocycles. The van der Waals surface area contributed by atoms with Crippen molar-refractivity contribution >= 4 is 13.9 Å². The average molecular weight is 389 g/mol. The van der Waals surface area contributed by atoms with Crippen LogP contribution in [0.1, 0.15) is 31.0 Å². The van der Waals surface area contributed by atoms with Gasteiger partial charge in [0, 0.05) is 15.8 Å². The fourth-order valence-electron chi connectivity index (χ4n) is 3.06. The predicted octanol–water partition coefficient (Wildman–Crippen LogP) is 4.71. The summed E-state index contributed by atoms with van der Waals surface area (Å²) in [4.78, 5) is 0. The second-order valence-corrected chi connectivity index (χ2v) is 7.65. The van der Waals surface area contributed by atoms with Gasteiger partial charge in [-0.05, 0) is 56.3 Å². The Hall–Kier alpha value is -2.52. The molecule has 27 heavy (non-hydrogen) atoms. The van der Waals surface area contributed by atoms with E-state index in [0.29, 0.717) is 22.6 Å². The van der Waals surface area contributed by atoms with E-state index in [2.05, 4.69) is 11.4 Å². The van der Waals surface area contributed by atoms with Gasteiger partial charge in [0.1, 0.15) is 17.2 Å². The van der Waals surface area contributed by atoms with Gasteiger partial charge >= 0.3 is 8.25 Å². The average Bonchev–Trinajstić information content (AvgIpc) is 2.65. The van der Waals surface area contributed by atoms with Crippen molar-refractivity contribution < 1.29 is 22.7 Å². The van der Waals surface area contributed by atoms with Gasteiger partial charge in [-0.15, -0.1) is 9.05 Å². The second-order valence-electron chi connectivity index (χ2n) is 6.63. The second kappa shape index (κ2) is 7.61. The Labute approximate surface area is 157 Å². The van der Waals surface area contributed by atoms with Crippen LogP contribution in [-0.4, -0.2) is 18.8 Å². The largest absolute Gasteiger partial charge is 0.697 e. The molecule has 1 N–H and O–H groups in total. The fraction of sp³-hybridized carbons (Fsp3) is 0.316. The van der Waals surface area contributed by atoms with Crippen LogP contribution < -0.4 is 10.1 Å². The number of fused-ring (bicyclic) bond motifs is 1. The number of nitriles is 1. The number of anilines is 1. The molecule has 0 aliphatic carbocycles. The van der Waals surface area contributed by atoms with Gasteiger partial charge in [0.2, 0.25) is 0 Å². The third-order valence-corrected chi connectivity index (χ3v) is 5.05. The minimum Gasteiger partial charge on any atom is -0.484 e. The summed E-state index contributed by atoms with van der Waals surface area (Å²) in [5.41, 5.74) is 0.941. The highest BCUT2D eigenvalue weighted by Crippen LogP contribution is 2.46. The molecule has 0 spiro atoms. The highest BCUT2D eigenvalue weighted by Gasteiger charge is 2.50. The minimum absolute atomic E-state index is 0.352. The van der Waals surface area contributed by atoms with Crippen LogP contribution in [0.2, 0.25) is 0 Å². The topological polar surface area (TPSA) is 80.6 Å². The normalized spacial score (nSPS) is 20.8. The summed E-state index contributed by atoms with van der Waals surface area (Å²) in [6.45, 7) is 3.63. The van der Waals surface area contributed by atoms with E-state index in [1.165, 1.54) is 19.2 Å². The van der Waals surface area contributed by atoms with Gasteiger partial charge in [0.25, 0.3) is 0 Å². The van der Waals surface area contributed by atoms with Crippen LogP contribution in [-0.2, 0) is 13.6 Å².